The van der Waals surface area contributed by atoms with E-state index >= 15 is 0 Å². The van der Waals surface area contributed by atoms with Crippen molar-refractivity contribution in [1.82, 2.24) is 25.1 Å². The minimum absolute atomic E-state index is 0.00132. The largest absolute Gasteiger partial charge is 0.416 e. The number of aromatic amines is 1. The molecule has 1 aliphatic rings. The molecular formula is C20H17F3N6O2. The van der Waals surface area contributed by atoms with Crippen molar-refractivity contribution < 1.29 is 22.8 Å². The lowest BCUT2D eigenvalue weighted by Crippen LogP contribution is -2.28. The lowest BCUT2D eigenvalue weighted by atomic mass is 10.1. The van der Waals surface area contributed by atoms with Crippen molar-refractivity contribution >= 4 is 17.8 Å². The molecule has 0 spiro atoms. The van der Waals surface area contributed by atoms with E-state index in [-0.39, 0.29) is 31.4 Å². The molecule has 0 radical (unpaired) electrons. The Balaban J connectivity index is 1.38. The fourth-order valence-electron chi connectivity index (χ4n) is 3.32. The molecule has 3 heterocycles. The summed E-state index contributed by atoms with van der Waals surface area (Å²) in [6, 6.07) is 10.1. The highest BCUT2D eigenvalue weighted by Crippen LogP contribution is 2.30. The number of benzene rings is 1. The summed E-state index contributed by atoms with van der Waals surface area (Å²) in [7, 11) is 0. The number of halogens is 3. The van der Waals surface area contributed by atoms with Crippen LogP contribution in [0.1, 0.15) is 17.5 Å². The number of hydrogen-bond donors (Lipinski definition) is 2. The third-order valence-electron chi connectivity index (χ3n) is 4.85. The number of likely N-dealkylation sites (tertiary alicyclic amines) is 1. The van der Waals surface area contributed by atoms with E-state index in [0.29, 0.717) is 17.1 Å². The van der Waals surface area contributed by atoms with Crippen molar-refractivity contribution in [3.05, 3.63) is 59.8 Å². The number of nitrogens with one attached hydrogen (secondary N) is 2. The molecule has 1 fully saturated rings. The molecule has 1 unspecified atom stereocenters. The molecule has 1 atom stereocenters. The van der Waals surface area contributed by atoms with Gasteiger partial charge in [-0.3, -0.25) is 19.9 Å². The number of H-pyrrole nitrogens is 1. The van der Waals surface area contributed by atoms with Crippen molar-refractivity contribution in [2.24, 2.45) is 5.92 Å². The molecule has 1 aliphatic heterocycles. The van der Waals surface area contributed by atoms with Crippen LogP contribution in [0, 0.1) is 5.92 Å². The first-order valence-electron chi connectivity index (χ1n) is 9.38. The maximum absolute atomic E-state index is 12.9. The van der Waals surface area contributed by atoms with E-state index in [1.54, 1.807) is 24.4 Å². The van der Waals surface area contributed by atoms with Crippen LogP contribution in [-0.4, -0.2) is 43.4 Å². The number of rotatable bonds is 5. The predicted molar refractivity (Wildman–Crippen MR) is 103 cm³/mol. The molecule has 160 valence electrons. The van der Waals surface area contributed by atoms with Crippen LogP contribution in [-0.2, 0) is 22.3 Å². The van der Waals surface area contributed by atoms with Crippen molar-refractivity contribution in [2.75, 3.05) is 11.9 Å². The van der Waals surface area contributed by atoms with Gasteiger partial charge < -0.3 is 9.88 Å². The lowest BCUT2D eigenvalue weighted by molar-refractivity contribution is -0.137. The van der Waals surface area contributed by atoms with E-state index in [2.05, 4.69) is 25.5 Å². The molecule has 4 rings (SSSR count). The molecule has 31 heavy (non-hydrogen) atoms. The number of amides is 2. The first-order chi connectivity index (χ1) is 14.8. The monoisotopic (exact) mass is 430 g/mol. The molecule has 2 aromatic heterocycles. The van der Waals surface area contributed by atoms with Crippen LogP contribution < -0.4 is 5.32 Å². The number of carbonyl (C=O) groups excluding carboxylic acids is 2. The van der Waals surface area contributed by atoms with Crippen LogP contribution in [0.15, 0.2) is 48.7 Å². The fraction of sp³-hybridized carbons (Fsp3) is 0.250. The predicted octanol–water partition coefficient (Wildman–Crippen LogP) is 2.87. The molecule has 11 heteroatoms. The van der Waals surface area contributed by atoms with Crippen LogP contribution in [0.5, 0.6) is 0 Å². The number of anilines is 1. The maximum atomic E-state index is 12.9. The van der Waals surface area contributed by atoms with Crippen molar-refractivity contribution in [2.45, 2.75) is 19.1 Å². The molecule has 1 aromatic carbocycles. The van der Waals surface area contributed by atoms with Crippen LogP contribution in [0.25, 0.3) is 11.5 Å². The average molecular weight is 430 g/mol. The van der Waals surface area contributed by atoms with E-state index in [1.165, 1.54) is 17.0 Å². The standard InChI is InChI=1S/C20H17F3N6O2/c21-20(22,23)14-5-3-4-12(8-14)10-29-11-13(9-16(29)30)18(31)26-19-25-17(27-28-19)15-6-1-2-7-24-15/h1-8,13H,9-11H2,(H2,25,26,27,28,31). The number of hydrogen-bond acceptors (Lipinski definition) is 5. The van der Waals surface area contributed by atoms with Gasteiger partial charge >= 0.3 is 6.18 Å². The highest BCUT2D eigenvalue weighted by Gasteiger charge is 2.35. The van der Waals surface area contributed by atoms with Crippen LogP contribution in [0.3, 0.4) is 0 Å². The Kier molecular flexibility index (Phi) is 5.40. The van der Waals surface area contributed by atoms with Crippen molar-refractivity contribution in [3.8, 4) is 11.5 Å². The lowest BCUT2D eigenvalue weighted by Gasteiger charge is -2.17. The SMILES string of the molecule is O=C(Nc1nnc(-c2ccccn2)[nH]1)C1CC(=O)N(Cc2cccc(C(F)(F)F)c2)C1. The van der Waals surface area contributed by atoms with Gasteiger partial charge in [-0.2, -0.15) is 13.2 Å². The minimum Gasteiger partial charge on any atom is -0.338 e. The zero-order valence-electron chi connectivity index (χ0n) is 16.1. The van der Waals surface area contributed by atoms with Gasteiger partial charge in [-0.25, -0.2) is 0 Å². The third kappa shape index (κ3) is 4.71. The molecule has 2 N–H and O–H groups in total. The summed E-state index contributed by atoms with van der Waals surface area (Å²) in [5.74, 6) is -0.881. The Hall–Kier alpha value is -3.76. The van der Waals surface area contributed by atoms with Gasteiger partial charge in [-0.05, 0) is 29.8 Å². The highest BCUT2D eigenvalue weighted by atomic mass is 19.4. The van der Waals surface area contributed by atoms with E-state index in [0.717, 1.165) is 12.1 Å². The normalized spacial score (nSPS) is 16.5. The summed E-state index contributed by atoms with van der Waals surface area (Å²) in [6.07, 6.45) is -2.90. The molecular weight excluding hydrogens is 413 g/mol. The van der Waals surface area contributed by atoms with Crippen LogP contribution in [0.2, 0.25) is 0 Å². The zero-order chi connectivity index (χ0) is 22.0. The molecule has 8 nitrogen and oxygen atoms in total. The fourth-order valence-corrected chi connectivity index (χ4v) is 3.32. The first-order valence-corrected chi connectivity index (χ1v) is 9.38. The Bertz CT molecular complexity index is 1100. The second-order valence-corrected chi connectivity index (χ2v) is 7.10. The third-order valence-corrected chi connectivity index (χ3v) is 4.85. The van der Waals surface area contributed by atoms with Gasteiger partial charge in [0.1, 0.15) is 5.69 Å². The van der Waals surface area contributed by atoms with Gasteiger partial charge in [0.05, 0.1) is 11.5 Å². The Morgan fingerprint density at radius 2 is 2.03 bits per heavy atom. The van der Waals surface area contributed by atoms with E-state index < -0.39 is 23.6 Å². The van der Waals surface area contributed by atoms with E-state index in [1.807, 2.05) is 0 Å². The molecule has 2 amide bonds. The van der Waals surface area contributed by atoms with E-state index in [9.17, 15) is 22.8 Å². The van der Waals surface area contributed by atoms with Gasteiger partial charge in [-0.15, -0.1) is 10.2 Å². The topological polar surface area (TPSA) is 104 Å². The Labute approximate surface area is 174 Å². The summed E-state index contributed by atoms with van der Waals surface area (Å²) >= 11 is 0. The Morgan fingerprint density at radius 1 is 1.19 bits per heavy atom. The number of nitrogens with zero attached hydrogens (tertiary/aromatic N) is 4. The summed E-state index contributed by atoms with van der Waals surface area (Å²) in [5, 5.41) is 10.4. The molecule has 0 saturated carbocycles. The summed E-state index contributed by atoms with van der Waals surface area (Å²) < 4.78 is 38.7. The molecule has 0 bridgehead atoms. The number of carbonyl (C=O) groups is 2. The number of pyridine rings is 1. The van der Waals surface area contributed by atoms with Gasteiger partial charge in [-0.1, -0.05) is 18.2 Å². The first kappa shape index (κ1) is 20.5. The van der Waals surface area contributed by atoms with Gasteiger partial charge in [0.2, 0.25) is 17.8 Å². The summed E-state index contributed by atoms with van der Waals surface area (Å²) in [6.45, 7) is 0.0980. The number of alkyl halides is 3. The highest BCUT2D eigenvalue weighted by molar-refractivity contribution is 5.96. The summed E-state index contributed by atoms with van der Waals surface area (Å²) in [4.78, 5) is 33.2. The van der Waals surface area contributed by atoms with Gasteiger partial charge in [0.25, 0.3) is 0 Å². The summed E-state index contributed by atoms with van der Waals surface area (Å²) in [5.41, 5.74) is 0.123. The molecule has 1 saturated heterocycles. The van der Waals surface area contributed by atoms with Gasteiger partial charge in [0, 0.05) is 25.7 Å². The zero-order valence-corrected chi connectivity index (χ0v) is 16.1. The number of aromatic nitrogens is 4. The smallest absolute Gasteiger partial charge is 0.338 e. The van der Waals surface area contributed by atoms with Crippen LogP contribution in [0.4, 0.5) is 19.1 Å². The second kappa shape index (κ2) is 8.17. The molecule has 3 aromatic rings. The second-order valence-electron chi connectivity index (χ2n) is 7.10. The quantitative estimate of drug-likeness (QED) is 0.648. The van der Waals surface area contributed by atoms with Crippen molar-refractivity contribution in [3.63, 3.8) is 0 Å². The van der Waals surface area contributed by atoms with Crippen molar-refractivity contribution in [1.29, 1.82) is 0 Å². The van der Waals surface area contributed by atoms with Crippen LogP contribution >= 0.6 is 0 Å². The Morgan fingerprint density at radius 3 is 2.77 bits per heavy atom. The maximum Gasteiger partial charge on any atom is 0.416 e. The minimum atomic E-state index is -4.46. The average Bonchev–Trinajstić information content (AvgIpc) is 3.35. The van der Waals surface area contributed by atoms with Gasteiger partial charge in [0.15, 0.2) is 5.82 Å². The van der Waals surface area contributed by atoms with E-state index in [4.69, 9.17) is 0 Å². The molecule has 0 aliphatic carbocycles.